The minimum Gasteiger partial charge on any atom is -0.399 e. The Morgan fingerprint density at radius 2 is 1.88 bits per heavy atom. The van der Waals surface area contributed by atoms with Crippen molar-refractivity contribution in [2.75, 3.05) is 5.73 Å². The van der Waals surface area contributed by atoms with Gasteiger partial charge in [0.1, 0.15) is 11.6 Å². The van der Waals surface area contributed by atoms with Crippen molar-refractivity contribution in [3.8, 4) is 0 Å². The van der Waals surface area contributed by atoms with Crippen LogP contribution >= 0.6 is 11.8 Å². The topological polar surface area (TPSA) is 38.9 Å². The molecule has 0 fully saturated rings. The number of benzene rings is 1. The summed E-state index contributed by atoms with van der Waals surface area (Å²) >= 11 is 1.38. The molecule has 0 aliphatic heterocycles. The minimum absolute atomic E-state index is 0.370. The second kappa shape index (κ2) is 5.14. The number of aromatic nitrogens is 1. The summed E-state index contributed by atoms with van der Waals surface area (Å²) in [5, 5.41) is 0. The Morgan fingerprint density at radius 3 is 2.59 bits per heavy atom. The summed E-state index contributed by atoms with van der Waals surface area (Å²) in [6.07, 6.45) is 2.73. The Bertz CT molecular complexity index is 511. The minimum atomic E-state index is -0.373. The van der Waals surface area contributed by atoms with Gasteiger partial charge in [0, 0.05) is 22.5 Å². The van der Waals surface area contributed by atoms with Crippen molar-refractivity contribution in [3.63, 3.8) is 0 Å². The highest BCUT2D eigenvalue weighted by Crippen LogP contribution is 2.25. The number of anilines is 1. The first-order valence-electron chi connectivity index (χ1n) is 4.92. The maximum Gasteiger partial charge on any atom is 0.141 e. The van der Waals surface area contributed by atoms with Crippen molar-refractivity contribution in [2.45, 2.75) is 10.6 Å². The first kappa shape index (κ1) is 11.9. The fraction of sp³-hybridized carbons (Fsp3) is 0.0833. The van der Waals surface area contributed by atoms with Crippen LogP contribution in [-0.4, -0.2) is 4.98 Å². The highest BCUT2D eigenvalue weighted by Gasteiger charge is 2.01. The first-order valence-corrected chi connectivity index (χ1v) is 5.90. The highest BCUT2D eigenvalue weighted by molar-refractivity contribution is 7.98. The van der Waals surface area contributed by atoms with Crippen molar-refractivity contribution >= 4 is 17.4 Å². The molecular formula is C12H10F2N2S. The normalized spacial score (nSPS) is 10.5. The van der Waals surface area contributed by atoms with Gasteiger partial charge in [0.05, 0.1) is 6.20 Å². The zero-order valence-electron chi connectivity index (χ0n) is 8.86. The van der Waals surface area contributed by atoms with E-state index in [2.05, 4.69) is 4.98 Å². The molecular weight excluding hydrogens is 242 g/mol. The number of nitrogen functional groups attached to an aromatic ring is 1. The molecule has 0 spiro atoms. The quantitative estimate of drug-likeness (QED) is 0.673. The van der Waals surface area contributed by atoms with E-state index >= 15 is 0 Å². The SMILES string of the molecule is Nc1cc(F)cc(SCc2cncc(F)c2)c1. The van der Waals surface area contributed by atoms with Gasteiger partial charge in [-0.25, -0.2) is 8.78 Å². The number of thioether (sulfide) groups is 1. The van der Waals surface area contributed by atoms with Gasteiger partial charge in [-0.05, 0) is 29.8 Å². The molecule has 0 unspecified atom stereocenters. The molecule has 2 aromatic rings. The summed E-state index contributed by atoms with van der Waals surface area (Å²) < 4.78 is 25.9. The number of rotatable bonds is 3. The molecule has 1 heterocycles. The zero-order valence-corrected chi connectivity index (χ0v) is 9.68. The van der Waals surface area contributed by atoms with Gasteiger partial charge in [-0.15, -0.1) is 11.8 Å². The van der Waals surface area contributed by atoms with Gasteiger partial charge in [0.2, 0.25) is 0 Å². The van der Waals surface area contributed by atoms with Gasteiger partial charge in [-0.1, -0.05) is 0 Å². The number of hydrogen-bond acceptors (Lipinski definition) is 3. The maximum absolute atomic E-state index is 13.1. The summed E-state index contributed by atoms with van der Waals surface area (Å²) in [7, 11) is 0. The number of halogens is 2. The number of nitrogens with zero attached hydrogens (tertiary/aromatic N) is 1. The second-order valence-electron chi connectivity index (χ2n) is 3.52. The van der Waals surface area contributed by atoms with Gasteiger partial charge in [-0.2, -0.15) is 0 Å². The van der Waals surface area contributed by atoms with Crippen LogP contribution < -0.4 is 5.73 Å². The summed E-state index contributed by atoms with van der Waals surface area (Å²) in [5.74, 6) is -0.222. The molecule has 2 rings (SSSR count). The van der Waals surface area contributed by atoms with E-state index in [0.29, 0.717) is 16.3 Å². The lowest BCUT2D eigenvalue weighted by atomic mass is 10.3. The lowest BCUT2D eigenvalue weighted by Gasteiger charge is -2.03. The van der Waals surface area contributed by atoms with Crippen LogP contribution in [0, 0.1) is 11.6 Å². The molecule has 0 amide bonds. The third-order valence-corrected chi connectivity index (χ3v) is 3.11. The van der Waals surface area contributed by atoms with Crippen LogP contribution in [0.2, 0.25) is 0 Å². The number of hydrogen-bond donors (Lipinski definition) is 1. The van der Waals surface area contributed by atoms with E-state index < -0.39 is 0 Å². The standard InChI is InChI=1S/C12H10F2N2S/c13-9-2-11(15)4-12(3-9)17-7-8-1-10(14)6-16-5-8/h1-6H,7,15H2. The molecule has 2 N–H and O–H groups in total. The third kappa shape index (κ3) is 3.42. The van der Waals surface area contributed by atoms with E-state index in [1.165, 1.54) is 30.0 Å². The Morgan fingerprint density at radius 1 is 1.06 bits per heavy atom. The molecule has 0 saturated carbocycles. The predicted octanol–water partition coefficient (Wildman–Crippen LogP) is 3.23. The molecule has 0 aliphatic carbocycles. The van der Waals surface area contributed by atoms with E-state index in [0.717, 1.165) is 11.8 Å². The predicted molar refractivity (Wildman–Crippen MR) is 64.6 cm³/mol. The van der Waals surface area contributed by atoms with Gasteiger partial charge < -0.3 is 5.73 Å². The molecule has 0 aliphatic rings. The molecule has 1 aromatic heterocycles. The van der Waals surface area contributed by atoms with Crippen LogP contribution in [0.3, 0.4) is 0 Å². The van der Waals surface area contributed by atoms with Crippen molar-refractivity contribution < 1.29 is 8.78 Å². The van der Waals surface area contributed by atoms with Gasteiger partial charge in [0.15, 0.2) is 0 Å². The van der Waals surface area contributed by atoms with E-state index in [4.69, 9.17) is 5.73 Å². The number of pyridine rings is 1. The highest BCUT2D eigenvalue weighted by atomic mass is 32.2. The summed E-state index contributed by atoms with van der Waals surface area (Å²) in [6.45, 7) is 0. The molecule has 17 heavy (non-hydrogen) atoms. The summed E-state index contributed by atoms with van der Waals surface area (Å²) in [5.41, 5.74) is 6.65. The molecule has 2 nitrogen and oxygen atoms in total. The molecule has 1 aromatic carbocycles. The van der Waals surface area contributed by atoms with Crippen molar-refractivity contribution in [2.24, 2.45) is 0 Å². The average molecular weight is 252 g/mol. The van der Waals surface area contributed by atoms with Crippen molar-refractivity contribution in [1.82, 2.24) is 4.98 Å². The Hall–Kier alpha value is -1.62. The second-order valence-corrected chi connectivity index (χ2v) is 4.57. The Labute approximate surface area is 102 Å². The van der Waals surface area contributed by atoms with Crippen molar-refractivity contribution in [1.29, 1.82) is 0 Å². The average Bonchev–Trinajstić information content (AvgIpc) is 2.25. The Balaban J connectivity index is 2.07. The molecule has 88 valence electrons. The van der Waals surface area contributed by atoms with Crippen LogP contribution in [0.15, 0.2) is 41.6 Å². The van der Waals surface area contributed by atoms with Crippen LogP contribution in [0.4, 0.5) is 14.5 Å². The summed E-state index contributed by atoms with van der Waals surface area (Å²) in [4.78, 5) is 4.46. The summed E-state index contributed by atoms with van der Waals surface area (Å²) in [6, 6.07) is 5.74. The van der Waals surface area contributed by atoms with Crippen LogP contribution in [0.1, 0.15) is 5.56 Å². The smallest absolute Gasteiger partial charge is 0.141 e. The molecule has 0 atom stereocenters. The maximum atomic E-state index is 13.1. The Kier molecular flexibility index (Phi) is 3.58. The van der Waals surface area contributed by atoms with Gasteiger partial charge in [-0.3, -0.25) is 4.98 Å². The zero-order chi connectivity index (χ0) is 12.3. The van der Waals surface area contributed by atoms with Crippen LogP contribution in [-0.2, 0) is 5.75 Å². The van der Waals surface area contributed by atoms with Gasteiger partial charge >= 0.3 is 0 Å². The van der Waals surface area contributed by atoms with Gasteiger partial charge in [0.25, 0.3) is 0 Å². The van der Waals surface area contributed by atoms with Crippen molar-refractivity contribution in [3.05, 3.63) is 53.9 Å². The number of nitrogens with two attached hydrogens (primary N) is 1. The fourth-order valence-electron chi connectivity index (χ4n) is 1.37. The largest absolute Gasteiger partial charge is 0.399 e. The van der Waals surface area contributed by atoms with E-state index in [1.54, 1.807) is 12.3 Å². The molecule has 5 heteroatoms. The third-order valence-electron chi connectivity index (χ3n) is 2.06. The fourth-order valence-corrected chi connectivity index (χ4v) is 2.28. The lowest BCUT2D eigenvalue weighted by molar-refractivity contribution is 0.619. The van der Waals surface area contributed by atoms with E-state index in [-0.39, 0.29) is 11.6 Å². The monoisotopic (exact) mass is 252 g/mol. The molecule has 0 saturated heterocycles. The van der Waals surface area contributed by atoms with Crippen LogP contribution in [0.5, 0.6) is 0 Å². The van der Waals surface area contributed by atoms with Crippen LogP contribution in [0.25, 0.3) is 0 Å². The lowest BCUT2D eigenvalue weighted by Crippen LogP contribution is -1.89. The van der Waals surface area contributed by atoms with E-state index in [1.807, 2.05) is 0 Å². The molecule has 0 bridgehead atoms. The first-order chi connectivity index (χ1) is 8.13. The molecule has 0 radical (unpaired) electrons. The van der Waals surface area contributed by atoms with E-state index in [9.17, 15) is 8.78 Å².